The molecule has 0 aromatic heterocycles. The summed E-state index contributed by atoms with van der Waals surface area (Å²) < 4.78 is 21.9. The fourth-order valence-corrected chi connectivity index (χ4v) is 7.44. The van der Waals surface area contributed by atoms with E-state index in [0.717, 1.165) is 6.16 Å². The summed E-state index contributed by atoms with van der Waals surface area (Å²) in [6.07, 6.45) is 7.61. The van der Waals surface area contributed by atoms with Crippen molar-refractivity contribution < 1.29 is 8.42 Å². The van der Waals surface area contributed by atoms with E-state index in [4.69, 9.17) is 0 Å². The van der Waals surface area contributed by atoms with Crippen LogP contribution in [0.3, 0.4) is 0 Å². The van der Waals surface area contributed by atoms with Crippen LogP contribution in [-0.4, -0.2) is 45.6 Å². The molecule has 0 saturated carbocycles. The molecule has 0 N–H and O–H groups in total. The Morgan fingerprint density at radius 2 is 1.75 bits per heavy atom. The molecule has 0 amide bonds. The van der Waals surface area contributed by atoms with Gasteiger partial charge in [0.25, 0.3) is 0 Å². The van der Waals surface area contributed by atoms with Crippen LogP contribution in [0.4, 0.5) is 0 Å². The Labute approximate surface area is 76.0 Å². The molecular formula is C8H18O2PS+. The molecule has 0 spiro atoms. The summed E-state index contributed by atoms with van der Waals surface area (Å²) in [6, 6.07) is 0. The average molecular weight is 209 g/mol. The quantitative estimate of drug-likeness (QED) is 0.660. The predicted molar refractivity (Wildman–Crippen MR) is 56.4 cm³/mol. The van der Waals surface area contributed by atoms with Gasteiger partial charge in [0.2, 0.25) is 0 Å². The average Bonchev–Trinajstić information content (AvgIpc) is 2.32. The van der Waals surface area contributed by atoms with Gasteiger partial charge in [-0.3, -0.25) is 0 Å². The summed E-state index contributed by atoms with van der Waals surface area (Å²) in [5.41, 5.74) is 0. The molecule has 1 aliphatic heterocycles. The number of sulfone groups is 1. The first-order valence-electron chi connectivity index (χ1n) is 4.43. The van der Waals surface area contributed by atoms with E-state index < -0.39 is 17.1 Å². The lowest BCUT2D eigenvalue weighted by Gasteiger charge is -2.15. The van der Waals surface area contributed by atoms with Crippen molar-refractivity contribution in [3.05, 3.63) is 0 Å². The molecule has 72 valence electrons. The Balaban J connectivity index is 2.41. The minimum atomic E-state index is -2.72. The highest BCUT2D eigenvalue weighted by molar-refractivity contribution is 7.91. The molecule has 2 nitrogen and oxygen atoms in total. The van der Waals surface area contributed by atoms with Crippen LogP contribution in [0, 0.1) is 0 Å². The molecule has 4 heteroatoms. The van der Waals surface area contributed by atoms with E-state index in [1.165, 1.54) is 31.4 Å². The van der Waals surface area contributed by atoms with Gasteiger partial charge in [-0.25, -0.2) is 8.42 Å². The van der Waals surface area contributed by atoms with E-state index >= 15 is 0 Å². The first-order valence-corrected chi connectivity index (χ1v) is 9.28. The third-order valence-electron chi connectivity index (χ3n) is 2.65. The lowest BCUT2D eigenvalue weighted by Crippen LogP contribution is -2.11. The normalized spacial score (nSPS) is 22.8. The van der Waals surface area contributed by atoms with Crippen LogP contribution in [0.2, 0.25) is 0 Å². The third-order valence-corrected chi connectivity index (χ3v) is 7.99. The molecule has 0 radical (unpaired) electrons. The fourth-order valence-electron chi connectivity index (χ4n) is 1.71. The summed E-state index contributed by atoms with van der Waals surface area (Å²) in [7, 11) is -3.52. The van der Waals surface area contributed by atoms with Gasteiger partial charge in [-0.2, -0.15) is 0 Å². The third kappa shape index (κ3) is 3.40. The van der Waals surface area contributed by atoms with Gasteiger partial charge < -0.3 is 0 Å². The molecule has 1 fully saturated rings. The van der Waals surface area contributed by atoms with Crippen LogP contribution >= 0.6 is 7.26 Å². The van der Waals surface area contributed by atoms with Crippen molar-refractivity contribution in [2.45, 2.75) is 12.8 Å². The molecule has 0 bridgehead atoms. The van der Waals surface area contributed by atoms with E-state index in [1.807, 2.05) is 0 Å². The molecule has 0 aliphatic carbocycles. The van der Waals surface area contributed by atoms with Gasteiger partial charge in [-0.1, -0.05) is 0 Å². The molecule has 12 heavy (non-hydrogen) atoms. The fraction of sp³-hybridized carbons (Fsp3) is 1.00. The molecule has 0 aromatic rings. The summed E-state index contributed by atoms with van der Waals surface area (Å²) in [4.78, 5) is 0. The molecule has 1 aliphatic rings. The van der Waals surface area contributed by atoms with Crippen molar-refractivity contribution in [3.8, 4) is 0 Å². The van der Waals surface area contributed by atoms with Crippen LogP contribution in [0.15, 0.2) is 0 Å². The zero-order chi connectivity index (χ0) is 9.24. The molecule has 1 saturated heterocycles. The topological polar surface area (TPSA) is 34.1 Å². The van der Waals surface area contributed by atoms with E-state index in [-0.39, 0.29) is 0 Å². The summed E-state index contributed by atoms with van der Waals surface area (Å²) in [6.45, 7) is 2.32. The van der Waals surface area contributed by atoms with E-state index in [1.54, 1.807) is 0 Å². The standard InChI is InChI=1S/C8H18O2PS/c1-11(5-3-4-6-11)7-8-12(2,9)10/h3-8H2,1-2H3/q+1. The second kappa shape index (κ2) is 3.63. The largest absolute Gasteiger partial charge is 0.229 e. The maximum absolute atomic E-state index is 10.9. The van der Waals surface area contributed by atoms with Crippen LogP contribution in [0.25, 0.3) is 0 Å². The molecule has 0 unspecified atom stereocenters. The Kier molecular flexibility index (Phi) is 3.16. The minimum absolute atomic E-state index is 0.414. The van der Waals surface area contributed by atoms with Crippen molar-refractivity contribution in [2.75, 3.05) is 37.2 Å². The molecule has 0 atom stereocenters. The van der Waals surface area contributed by atoms with E-state index in [2.05, 4.69) is 6.66 Å². The Morgan fingerprint density at radius 3 is 2.17 bits per heavy atom. The summed E-state index contributed by atoms with van der Waals surface area (Å²) in [5.74, 6) is 0.414. The van der Waals surface area contributed by atoms with Gasteiger partial charge >= 0.3 is 0 Å². The zero-order valence-electron chi connectivity index (χ0n) is 7.91. The maximum Gasteiger partial charge on any atom is 0.151 e. The van der Waals surface area contributed by atoms with E-state index in [0.29, 0.717) is 5.75 Å². The lowest BCUT2D eigenvalue weighted by molar-refractivity contribution is 0.603. The van der Waals surface area contributed by atoms with Crippen molar-refractivity contribution in [3.63, 3.8) is 0 Å². The Hall–Kier alpha value is 0.380. The van der Waals surface area contributed by atoms with Gasteiger partial charge in [-0.15, -0.1) is 0 Å². The number of hydrogen-bond acceptors (Lipinski definition) is 2. The second-order valence-corrected chi connectivity index (χ2v) is 11.0. The van der Waals surface area contributed by atoms with Gasteiger partial charge in [0.1, 0.15) is 0 Å². The van der Waals surface area contributed by atoms with Gasteiger partial charge in [0.05, 0.1) is 24.2 Å². The highest BCUT2D eigenvalue weighted by atomic mass is 32.2. The van der Waals surface area contributed by atoms with Crippen LogP contribution in [0.5, 0.6) is 0 Å². The second-order valence-electron chi connectivity index (χ2n) is 4.13. The van der Waals surface area contributed by atoms with Crippen molar-refractivity contribution >= 4 is 17.1 Å². The molecular weight excluding hydrogens is 191 g/mol. The first kappa shape index (κ1) is 10.5. The molecule has 1 rings (SSSR count). The van der Waals surface area contributed by atoms with Crippen LogP contribution in [-0.2, 0) is 9.84 Å². The van der Waals surface area contributed by atoms with Gasteiger partial charge in [-0.05, 0) is 12.8 Å². The van der Waals surface area contributed by atoms with Crippen molar-refractivity contribution in [2.24, 2.45) is 0 Å². The van der Waals surface area contributed by atoms with E-state index in [9.17, 15) is 8.42 Å². The van der Waals surface area contributed by atoms with Gasteiger partial charge in [0.15, 0.2) is 9.84 Å². The monoisotopic (exact) mass is 209 g/mol. The highest BCUT2D eigenvalue weighted by Crippen LogP contribution is 2.60. The summed E-state index contributed by atoms with van der Waals surface area (Å²) in [5, 5.41) is 0. The SMILES string of the molecule is C[P+]1(CCS(C)(=O)=O)CCCC1. The van der Waals surface area contributed by atoms with Crippen molar-refractivity contribution in [1.29, 1.82) is 0 Å². The smallest absolute Gasteiger partial charge is 0.151 e. The van der Waals surface area contributed by atoms with Crippen molar-refractivity contribution in [1.82, 2.24) is 0 Å². The van der Waals surface area contributed by atoms with Gasteiger partial charge in [0, 0.05) is 20.2 Å². The molecule has 0 aromatic carbocycles. The number of hydrogen-bond donors (Lipinski definition) is 0. The minimum Gasteiger partial charge on any atom is -0.229 e. The zero-order valence-corrected chi connectivity index (χ0v) is 9.63. The Morgan fingerprint density at radius 1 is 1.25 bits per heavy atom. The number of rotatable bonds is 3. The highest BCUT2D eigenvalue weighted by Gasteiger charge is 2.35. The van der Waals surface area contributed by atoms with Crippen LogP contribution in [0.1, 0.15) is 12.8 Å². The maximum atomic E-state index is 10.9. The predicted octanol–water partition coefficient (Wildman–Crippen LogP) is 1.47. The molecule has 1 heterocycles. The lowest BCUT2D eigenvalue weighted by atomic mass is 10.4. The Bertz CT molecular complexity index is 240. The summed E-state index contributed by atoms with van der Waals surface area (Å²) >= 11 is 0. The first-order chi connectivity index (χ1) is 5.41. The van der Waals surface area contributed by atoms with Crippen LogP contribution < -0.4 is 0 Å².